The van der Waals surface area contributed by atoms with Crippen molar-refractivity contribution in [2.45, 2.75) is 38.1 Å². The van der Waals surface area contributed by atoms with Gasteiger partial charge in [0.25, 0.3) is 0 Å². The Hall–Kier alpha value is -2.48. The number of carbonyl (C=O) groups excluding carboxylic acids is 1. The van der Waals surface area contributed by atoms with Gasteiger partial charge < -0.3 is 20.8 Å². The summed E-state index contributed by atoms with van der Waals surface area (Å²) in [5, 5.41) is 25.4. The lowest BCUT2D eigenvalue weighted by Gasteiger charge is -2.14. The van der Waals surface area contributed by atoms with E-state index in [2.05, 4.69) is 20.7 Å². The average molecular weight is 301 g/mol. The first-order chi connectivity index (χ1) is 9.97. The highest BCUT2D eigenvalue weighted by atomic mass is 16.4. The molecule has 21 heavy (non-hydrogen) atoms. The number of azide groups is 1. The van der Waals surface area contributed by atoms with E-state index in [4.69, 9.17) is 15.7 Å². The van der Waals surface area contributed by atoms with Gasteiger partial charge in [0.2, 0.25) is 0 Å². The fraction of sp³-hybridized carbons (Fsp3) is 0.727. The van der Waals surface area contributed by atoms with Crippen molar-refractivity contribution in [2.75, 3.05) is 13.1 Å². The fourth-order valence-corrected chi connectivity index (χ4v) is 1.47. The molecule has 0 aromatic rings. The summed E-state index contributed by atoms with van der Waals surface area (Å²) >= 11 is 0. The van der Waals surface area contributed by atoms with Gasteiger partial charge >= 0.3 is 18.0 Å². The zero-order valence-electron chi connectivity index (χ0n) is 11.5. The third-order valence-electron chi connectivity index (χ3n) is 2.53. The Morgan fingerprint density at radius 2 is 1.90 bits per heavy atom. The van der Waals surface area contributed by atoms with Crippen LogP contribution in [0.4, 0.5) is 4.79 Å². The number of aliphatic carboxylic acids is 2. The van der Waals surface area contributed by atoms with Crippen LogP contribution >= 0.6 is 0 Å². The van der Waals surface area contributed by atoms with E-state index in [0.29, 0.717) is 25.9 Å². The van der Waals surface area contributed by atoms with Gasteiger partial charge in [0.05, 0.1) is 0 Å². The molecule has 0 bridgehead atoms. The van der Waals surface area contributed by atoms with Gasteiger partial charge in [-0.2, -0.15) is 0 Å². The van der Waals surface area contributed by atoms with Crippen molar-refractivity contribution in [3.05, 3.63) is 10.4 Å². The minimum Gasteiger partial charge on any atom is -0.481 e. The minimum absolute atomic E-state index is 0.176. The highest BCUT2D eigenvalue weighted by Crippen LogP contribution is 1.98. The van der Waals surface area contributed by atoms with Crippen molar-refractivity contribution in [3.63, 3.8) is 0 Å². The van der Waals surface area contributed by atoms with E-state index in [-0.39, 0.29) is 12.8 Å². The molecule has 2 amide bonds. The monoisotopic (exact) mass is 301 g/mol. The van der Waals surface area contributed by atoms with E-state index < -0.39 is 24.0 Å². The van der Waals surface area contributed by atoms with Crippen molar-refractivity contribution >= 4 is 18.0 Å². The van der Waals surface area contributed by atoms with Crippen molar-refractivity contribution in [1.82, 2.24) is 10.6 Å². The molecule has 0 aliphatic rings. The van der Waals surface area contributed by atoms with Gasteiger partial charge in [-0.15, -0.1) is 0 Å². The normalized spacial score (nSPS) is 11.0. The van der Waals surface area contributed by atoms with E-state index in [1.807, 2.05) is 0 Å². The van der Waals surface area contributed by atoms with Crippen molar-refractivity contribution in [1.29, 1.82) is 0 Å². The van der Waals surface area contributed by atoms with Gasteiger partial charge in [0.15, 0.2) is 0 Å². The molecule has 0 radical (unpaired) electrons. The van der Waals surface area contributed by atoms with E-state index in [0.717, 1.165) is 6.42 Å². The molecule has 0 aliphatic carbocycles. The molecule has 0 heterocycles. The molecule has 0 aromatic heterocycles. The summed E-state index contributed by atoms with van der Waals surface area (Å²) in [6.07, 6.45) is 1.63. The number of carbonyl (C=O) groups is 3. The maximum absolute atomic E-state index is 11.4. The summed E-state index contributed by atoms with van der Waals surface area (Å²) < 4.78 is 0. The largest absolute Gasteiger partial charge is 0.481 e. The summed E-state index contributed by atoms with van der Waals surface area (Å²) in [6, 6.07) is -1.88. The maximum Gasteiger partial charge on any atom is 0.326 e. The number of urea groups is 1. The molecule has 0 saturated heterocycles. The molecule has 10 heteroatoms. The Bertz CT molecular complexity index is 408. The van der Waals surface area contributed by atoms with Gasteiger partial charge in [0, 0.05) is 24.4 Å². The highest BCUT2D eigenvalue weighted by molar-refractivity contribution is 5.82. The zero-order chi connectivity index (χ0) is 16.1. The number of nitrogens with zero attached hydrogens (tertiary/aromatic N) is 3. The van der Waals surface area contributed by atoms with Crippen molar-refractivity contribution in [3.8, 4) is 0 Å². The van der Waals surface area contributed by atoms with Crippen LogP contribution in [-0.2, 0) is 9.59 Å². The molecule has 10 nitrogen and oxygen atoms in total. The molecular weight excluding hydrogens is 282 g/mol. The number of hydrogen-bond donors (Lipinski definition) is 4. The predicted molar refractivity (Wildman–Crippen MR) is 72.7 cm³/mol. The number of carboxylic acid groups (broad SMARTS) is 2. The summed E-state index contributed by atoms with van der Waals surface area (Å²) in [7, 11) is 0. The second kappa shape index (κ2) is 11.4. The van der Waals surface area contributed by atoms with Crippen LogP contribution in [0.3, 0.4) is 0 Å². The van der Waals surface area contributed by atoms with Gasteiger partial charge in [-0.25, -0.2) is 9.59 Å². The molecule has 118 valence electrons. The summed E-state index contributed by atoms with van der Waals surface area (Å²) in [6.45, 7) is 0.756. The lowest BCUT2D eigenvalue weighted by molar-refractivity contribution is -0.140. The predicted octanol–water partition coefficient (Wildman–Crippen LogP) is 1.08. The Morgan fingerprint density at radius 3 is 2.48 bits per heavy atom. The topological polar surface area (TPSA) is 164 Å². The fourth-order valence-electron chi connectivity index (χ4n) is 1.47. The molecule has 4 N–H and O–H groups in total. The summed E-state index contributed by atoms with van der Waals surface area (Å²) in [5.74, 6) is -2.40. The Morgan fingerprint density at radius 1 is 1.19 bits per heavy atom. The molecule has 0 unspecified atom stereocenters. The van der Waals surface area contributed by atoms with Crippen molar-refractivity contribution in [2.24, 2.45) is 5.11 Å². The molecule has 0 rings (SSSR count). The molecule has 1 atom stereocenters. The van der Waals surface area contributed by atoms with Crippen LogP contribution in [0.1, 0.15) is 32.1 Å². The number of nitrogens with one attached hydrogen (secondary N) is 2. The third-order valence-corrected chi connectivity index (χ3v) is 2.53. The molecule has 0 aromatic carbocycles. The van der Waals surface area contributed by atoms with Crippen LogP contribution in [0.15, 0.2) is 5.11 Å². The Balaban J connectivity index is 3.85. The van der Waals surface area contributed by atoms with Crippen LogP contribution in [0.25, 0.3) is 10.4 Å². The lowest BCUT2D eigenvalue weighted by Crippen LogP contribution is -2.46. The summed E-state index contributed by atoms with van der Waals surface area (Å²) in [5.41, 5.74) is 8.06. The molecular formula is C11H19N5O5. The quantitative estimate of drug-likeness (QED) is 0.194. The second-order valence-corrected chi connectivity index (χ2v) is 4.24. The lowest BCUT2D eigenvalue weighted by atomic mass is 10.1. The minimum atomic E-state index is -1.28. The number of hydrogen-bond acceptors (Lipinski definition) is 4. The third kappa shape index (κ3) is 11.1. The first-order valence-corrected chi connectivity index (χ1v) is 6.47. The number of rotatable bonds is 11. The maximum atomic E-state index is 11.4. The standard InChI is InChI=1S/C11H19N5O5/c12-16-14-7-3-1-2-6-13-11(21)15-8(10(19)20)4-5-9(17)18/h8H,1-7H2,(H,17,18)(H,19,20)(H2,13,15,21)/t8-/m0/s1. The first-order valence-electron chi connectivity index (χ1n) is 6.47. The van der Waals surface area contributed by atoms with E-state index in [9.17, 15) is 14.4 Å². The zero-order valence-corrected chi connectivity index (χ0v) is 11.5. The van der Waals surface area contributed by atoms with E-state index >= 15 is 0 Å². The van der Waals surface area contributed by atoms with Crippen molar-refractivity contribution < 1.29 is 24.6 Å². The van der Waals surface area contributed by atoms with Crippen LogP contribution in [0.5, 0.6) is 0 Å². The molecule has 0 fully saturated rings. The van der Waals surface area contributed by atoms with Gasteiger partial charge in [-0.05, 0) is 24.8 Å². The van der Waals surface area contributed by atoms with E-state index in [1.165, 1.54) is 0 Å². The number of carboxylic acids is 2. The van der Waals surface area contributed by atoms with Gasteiger partial charge in [-0.3, -0.25) is 4.79 Å². The Kier molecular flexibility index (Phi) is 10.0. The average Bonchev–Trinajstić information content (AvgIpc) is 2.41. The first kappa shape index (κ1) is 18.5. The van der Waals surface area contributed by atoms with Crippen LogP contribution < -0.4 is 10.6 Å². The Labute approximate surface area is 121 Å². The highest BCUT2D eigenvalue weighted by Gasteiger charge is 2.20. The van der Waals surface area contributed by atoms with Gasteiger partial charge in [-0.1, -0.05) is 11.5 Å². The smallest absolute Gasteiger partial charge is 0.326 e. The summed E-state index contributed by atoms with van der Waals surface area (Å²) in [4.78, 5) is 35.3. The van der Waals surface area contributed by atoms with Crippen LogP contribution in [-0.4, -0.2) is 47.3 Å². The molecule has 0 aliphatic heterocycles. The number of unbranched alkanes of at least 4 members (excludes halogenated alkanes) is 2. The second-order valence-electron chi connectivity index (χ2n) is 4.24. The SMILES string of the molecule is [N-]=[N+]=NCCCCCNC(=O)N[C@@H](CCC(=O)O)C(=O)O. The number of amides is 2. The van der Waals surface area contributed by atoms with Crippen LogP contribution in [0.2, 0.25) is 0 Å². The van der Waals surface area contributed by atoms with E-state index in [1.54, 1.807) is 0 Å². The van der Waals surface area contributed by atoms with Gasteiger partial charge in [0.1, 0.15) is 6.04 Å². The molecule has 0 spiro atoms. The molecule has 0 saturated carbocycles. The van der Waals surface area contributed by atoms with Crippen LogP contribution in [0, 0.1) is 0 Å².